The molecule has 0 radical (unpaired) electrons. The molecular weight excluding hydrogens is 343 g/mol. The van der Waals surface area contributed by atoms with Gasteiger partial charge in [0, 0.05) is 11.1 Å². The van der Waals surface area contributed by atoms with Crippen LogP contribution in [0.4, 0.5) is 0 Å². The predicted molar refractivity (Wildman–Crippen MR) is 85.3 cm³/mol. The van der Waals surface area contributed by atoms with Crippen molar-refractivity contribution >= 4 is 35.1 Å². The van der Waals surface area contributed by atoms with Crippen molar-refractivity contribution in [3.8, 4) is 11.6 Å². The summed E-state index contributed by atoms with van der Waals surface area (Å²) in [5.74, 6) is -1.43. The number of carbonyl (C=O) groups is 2. The number of hydrogen-bond donors (Lipinski definition) is 1. The molecule has 0 aliphatic heterocycles. The molecular formula is C15H12Cl2N2O4. The summed E-state index contributed by atoms with van der Waals surface area (Å²) in [5, 5.41) is 0.376. The second kappa shape index (κ2) is 7.30. The van der Waals surface area contributed by atoms with Gasteiger partial charge < -0.3 is 15.2 Å². The van der Waals surface area contributed by atoms with Crippen LogP contribution in [0.1, 0.15) is 27.8 Å². The molecule has 2 N–H and O–H groups in total. The number of nitrogens with zero attached hydrogens (tertiary/aromatic N) is 1. The number of primary amides is 1. The molecule has 0 spiro atoms. The number of esters is 1. The summed E-state index contributed by atoms with van der Waals surface area (Å²) in [6.07, 6.45) is 0. The summed E-state index contributed by atoms with van der Waals surface area (Å²) in [4.78, 5) is 27.6. The molecule has 0 aliphatic carbocycles. The van der Waals surface area contributed by atoms with E-state index in [0.29, 0.717) is 6.61 Å². The molecule has 0 saturated heterocycles. The molecule has 8 heteroatoms. The van der Waals surface area contributed by atoms with Crippen LogP contribution in [-0.2, 0) is 0 Å². The van der Waals surface area contributed by atoms with Gasteiger partial charge in [0.15, 0.2) is 5.69 Å². The fourth-order valence-electron chi connectivity index (χ4n) is 1.73. The molecule has 23 heavy (non-hydrogen) atoms. The molecule has 0 aliphatic rings. The van der Waals surface area contributed by atoms with E-state index < -0.39 is 11.9 Å². The Balaban J connectivity index is 2.33. The lowest BCUT2D eigenvalue weighted by Gasteiger charge is -2.10. The number of ether oxygens (including phenoxy) is 2. The van der Waals surface area contributed by atoms with Crippen LogP contribution < -0.4 is 15.2 Å². The van der Waals surface area contributed by atoms with Crippen LogP contribution in [0.15, 0.2) is 30.3 Å². The van der Waals surface area contributed by atoms with Gasteiger partial charge in [0.05, 0.1) is 17.2 Å². The highest BCUT2D eigenvalue weighted by Crippen LogP contribution is 2.25. The van der Waals surface area contributed by atoms with Crippen LogP contribution >= 0.6 is 23.2 Å². The van der Waals surface area contributed by atoms with Crippen molar-refractivity contribution in [1.82, 2.24) is 4.98 Å². The second-order valence-electron chi connectivity index (χ2n) is 4.31. The van der Waals surface area contributed by atoms with Gasteiger partial charge in [0.1, 0.15) is 5.75 Å². The highest BCUT2D eigenvalue weighted by Gasteiger charge is 2.19. The number of carbonyl (C=O) groups excluding carboxylic acids is 2. The first kappa shape index (κ1) is 17.1. The molecule has 0 bridgehead atoms. The molecule has 2 aromatic rings. The van der Waals surface area contributed by atoms with Crippen LogP contribution in [0.5, 0.6) is 11.6 Å². The zero-order valence-electron chi connectivity index (χ0n) is 12.0. The van der Waals surface area contributed by atoms with E-state index in [4.69, 9.17) is 38.4 Å². The van der Waals surface area contributed by atoms with Crippen molar-refractivity contribution in [2.45, 2.75) is 6.92 Å². The Labute approximate surface area is 142 Å². The van der Waals surface area contributed by atoms with Gasteiger partial charge in [-0.1, -0.05) is 23.2 Å². The highest BCUT2D eigenvalue weighted by molar-refractivity contribution is 6.33. The van der Waals surface area contributed by atoms with Gasteiger partial charge in [0.25, 0.3) is 5.91 Å². The fourth-order valence-corrected chi connectivity index (χ4v) is 2.08. The van der Waals surface area contributed by atoms with Crippen molar-refractivity contribution in [2.24, 2.45) is 5.73 Å². The first-order valence-corrected chi connectivity index (χ1v) is 7.28. The predicted octanol–water partition coefficient (Wildman–Crippen LogP) is 3.11. The van der Waals surface area contributed by atoms with Crippen molar-refractivity contribution in [2.75, 3.05) is 6.61 Å². The lowest BCUT2D eigenvalue weighted by molar-refractivity contribution is 0.0725. The van der Waals surface area contributed by atoms with Crippen molar-refractivity contribution in [3.05, 3.63) is 51.6 Å². The number of aromatic nitrogens is 1. The molecule has 2 rings (SSSR count). The summed E-state index contributed by atoms with van der Waals surface area (Å²) in [5.41, 5.74) is 5.08. The van der Waals surface area contributed by atoms with Gasteiger partial charge in [-0.25, -0.2) is 9.78 Å². The van der Waals surface area contributed by atoms with Crippen molar-refractivity contribution < 1.29 is 19.1 Å². The van der Waals surface area contributed by atoms with Gasteiger partial charge in [-0.3, -0.25) is 4.79 Å². The van der Waals surface area contributed by atoms with Crippen molar-refractivity contribution in [1.29, 1.82) is 0 Å². The van der Waals surface area contributed by atoms with E-state index in [1.165, 1.54) is 30.3 Å². The topological polar surface area (TPSA) is 91.5 Å². The Morgan fingerprint density at radius 2 is 1.96 bits per heavy atom. The molecule has 0 saturated carbocycles. The molecule has 1 aromatic carbocycles. The lowest BCUT2D eigenvalue weighted by Crippen LogP contribution is -2.17. The maximum Gasteiger partial charge on any atom is 0.364 e. The molecule has 120 valence electrons. The third-order valence-electron chi connectivity index (χ3n) is 2.72. The largest absolute Gasteiger partial charge is 0.478 e. The first-order valence-electron chi connectivity index (χ1n) is 6.53. The molecule has 1 aromatic heterocycles. The van der Waals surface area contributed by atoms with Crippen LogP contribution in [0.25, 0.3) is 0 Å². The van der Waals surface area contributed by atoms with Gasteiger partial charge in [-0.2, -0.15) is 0 Å². The Kier molecular flexibility index (Phi) is 5.41. The SMILES string of the molecule is CCOc1ccc(Cl)c(C(=O)Oc2ccc(Cl)cc2C(N)=O)n1. The van der Waals surface area contributed by atoms with Crippen LogP contribution in [-0.4, -0.2) is 23.5 Å². The van der Waals surface area contributed by atoms with E-state index in [-0.39, 0.29) is 32.9 Å². The Bertz CT molecular complexity index is 765. The summed E-state index contributed by atoms with van der Waals surface area (Å²) in [6.45, 7) is 2.16. The standard InChI is InChI=1S/C15H12Cl2N2O4/c1-2-22-12-6-4-10(17)13(19-12)15(21)23-11-5-3-8(16)7-9(11)14(18)20/h3-7H,2H2,1H3,(H2,18,20). The van der Waals surface area contributed by atoms with E-state index >= 15 is 0 Å². The Morgan fingerprint density at radius 1 is 1.22 bits per heavy atom. The third-order valence-corrected chi connectivity index (χ3v) is 3.26. The minimum atomic E-state index is -0.846. The van der Waals surface area contributed by atoms with E-state index in [1.54, 1.807) is 6.92 Å². The number of hydrogen-bond acceptors (Lipinski definition) is 5. The minimum absolute atomic E-state index is 0.0251. The fraction of sp³-hybridized carbons (Fsp3) is 0.133. The van der Waals surface area contributed by atoms with E-state index in [0.717, 1.165) is 0 Å². The van der Waals surface area contributed by atoms with Gasteiger partial charge in [-0.05, 0) is 31.2 Å². The van der Waals surface area contributed by atoms with E-state index in [9.17, 15) is 9.59 Å². The highest BCUT2D eigenvalue weighted by atomic mass is 35.5. The van der Waals surface area contributed by atoms with Crippen LogP contribution in [0.2, 0.25) is 10.0 Å². The van der Waals surface area contributed by atoms with Crippen LogP contribution in [0, 0.1) is 0 Å². The summed E-state index contributed by atoms with van der Waals surface area (Å²) >= 11 is 11.8. The smallest absolute Gasteiger partial charge is 0.364 e. The van der Waals surface area contributed by atoms with Gasteiger partial charge in [0.2, 0.25) is 5.88 Å². The average molecular weight is 355 g/mol. The lowest BCUT2D eigenvalue weighted by atomic mass is 10.2. The summed E-state index contributed by atoms with van der Waals surface area (Å²) < 4.78 is 10.4. The van der Waals surface area contributed by atoms with E-state index in [2.05, 4.69) is 4.98 Å². The number of rotatable bonds is 5. The zero-order chi connectivity index (χ0) is 17.0. The van der Waals surface area contributed by atoms with Crippen LogP contribution in [0.3, 0.4) is 0 Å². The maximum atomic E-state index is 12.2. The number of amides is 1. The average Bonchev–Trinajstić information content (AvgIpc) is 2.51. The third kappa shape index (κ3) is 4.12. The summed E-state index contributed by atoms with van der Waals surface area (Å²) in [6, 6.07) is 7.12. The Morgan fingerprint density at radius 3 is 2.61 bits per heavy atom. The van der Waals surface area contributed by atoms with E-state index in [1.807, 2.05) is 0 Å². The molecule has 0 unspecified atom stereocenters. The van der Waals surface area contributed by atoms with Gasteiger partial charge >= 0.3 is 5.97 Å². The number of nitrogens with two attached hydrogens (primary N) is 1. The minimum Gasteiger partial charge on any atom is -0.478 e. The first-order chi connectivity index (χ1) is 10.9. The number of pyridine rings is 1. The maximum absolute atomic E-state index is 12.2. The normalized spacial score (nSPS) is 10.2. The monoisotopic (exact) mass is 354 g/mol. The quantitative estimate of drug-likeness (QED) is 0.657. The van der Waals surface area contributed by atoms with Gasteiger partial charge in [-0.15, -0.1) is 0 Å². The molecule has 1 heterocycles. The van der Waals surface area contributed by atoms with Crippen molar-refractivity contribution in [3.63, 3.8) is 0 Å². The zero-order valence-corrected chi connectivity index (χ0v) is 13.5. The second-order valence-corrected chi connectivity index (χ2v) is 5.15. The molecule has 1 amide bonds. The molecule has 6 nitrogen and oxygen atoms in total. The summed E-state index contributed by atoms with van der Waals surface area (Å²) in [7, 11) is 0. The number of benzene rings is 1. The molecule has 0 atom stereocenters. The Hall–Kier alpha value is -2.31. The molecule has 0 fully saturated rings. The number of halogens is 2.